The Balaban J connectivity index is 1.79. The molecule has 2 atom stereocenters. The minimum Gasteiger partial charge on any atom is -0.394 e. The summed E-state index contributed by atoms with van der Waals surface area (Å²) in [5, 5.41) is 11.2. The number of pyridine rings is 2. The van der Waals surface area contributed by atoms with Gasteiger partial charge in [-0.15, -0.1) is 0 Å². The van der Waals surface area contributed by atoms with Crippen molar-refractivity contribution in [3.05, 3.63) is 41.7 Å². The smallest absolute Gasteiger partial charge is 0.394 e. The van der Waals surface area contributed by atoms with E-state index in [1.165, 1.54) is 37.4 Å². The van der Waals surface area contributed by atoms with Gasteiger partial charge in [0.1, 0.15) is 23.3 Å². The monoisotopic (exact) mass is 449 g/mol. The summed E-state index contributed by atoms with van der Waals surface area (Å²) < 4.78 is 50.0. The molecule has 1 aliphatic heterocycles. The molecule has 3 rings (SSSR count). The van der Waals surface area contributed by atoms with Crippen molar-refractivity contribution in [2.75, 3.05) is 17.7 Å². The number of amidine groups is 1. The molecule has 2 unspecified atom stereocenters. The second kappa shape index (κ2) is 7.97. The van der Waals surface area contributed by atoms with Crippen LogP contribution in [0.25, 0.3) is 0 Å². The van der Waals surface area contributed by atoms with E-state index in [1.807, 2.05) is 6.07 Å². The summed E-state index contributed by atoms with van der Waals surface area (Å²) in [7, 11) is 0. The van der Waals surface area contributed by atoms with E-state index in [0.717, 1.165) is 6.92 Å². The summed E-state index contributed by atoms with van der Waals surface area (Å²) in [5.41, 5.74) is 7.63. The molecule has 168 valence electrons. The molecule has 0 aliphatic carbocycles. The van der Waals surface area contributed by atoms with Crippen molar-refractivity contribution >= 4 is 23.4 Å². The number of hydrogen-bond acceptors (Lipinski definition) is 9. The molecule has 0 spiro atoms. The first-order chi connectivity index (χ1) is 14.9. The van der Waals surface area contributed by atoms with E-state index < -0.39 is 35.9 Å². The summed E-state index contributed by atoms with van der Waals surface area (Å²) in [6, 6.07) is 7.58. The van der Waals surface area contributed by atoms with E-state index in [4.69, 9.17) is 26.2 Å². The van der Waals surface area contributed by atoms with Gasteiger partial charge in [-0.2, -0.15) is 18.4 Å². The first kappa shape index (κ1) is 22.8. The minimum atomic E-state index is -4.75. The molecule has 13 heteroatoms. The second-order valence-corrected chi connectivity index (χ2v) is 7.24. The first-order valence-corrected chi connectivity index (χ1v) is 9.06. The lowest BCUT2D eigenvalue weighted by molar-refractivity contribution is -0.249. The molecule has 1 aliphatic rings. The van der Waals surface area contributed by atoms with Crippen molar-refractivity contribution in [2.24, 2.45) is 10.7 Å². The number of nitrogen functional groups attached to an aromatic ring is 1. The van der Waals surface area contributed by atoms with Crippen LogP contribution in [0.1, 0.15) is 25.1 Å². The number of amides is 1. The number of nitrogens with zero attached hydrogens (tertiary/aromatic N) is 4. The lowest BCUT2D eigenvalue weighted by Gasteiger charge is -2.40. The Morgan fingerprint density at radius 2 is 2.06 bits per heavy atom. The van der Waals surface area contributed by atoms with Crippen molar-refractivity contribution in [1.82, 2.24) is 9.97 Å². The van der Waals surface area contributed by atoms with Gasteiger partial charge in [-0.1, -0.05) is 6.07 Å². The molecule has 0 saturated carbocycles. The van der Waals surface area contributed by atoms with E-state index in [1.54, 1.807) is 0 Å². The quantitative estimate of drug-likeness (QED) is 0.644. The number of rotatable bonds is 3. The number of anilines is 2. The number of carbonyl (C=O) groups excluding carboxylic acids is 1. The van der Waals surface area contributed by atoms with Crippen LogP contribution in [-0.2, 0) is 10.3 Å². The predicted octanol–water partition coefficient (Wildman–Crippen LogP) is 2.46. The van der Waals surface area contributed by atoms with Crippen LogP contribution in [0.5, 0.6) is 5.88 Å². The SMILES string of the molecule is CC1(c2cccc(NC(=O)Oc3ncc(C#N)cc3N)n2)COC(C)(C(F)(F)F)C(N)=N1. The Morgan fingerprint density at radius 3 is 2.66 bits per heavy atom. The summed E-state index contributed by atoms with van der Waals surface area (Å²) >= 11 is 0. The number of aromatic nitrogens is 2. The van der Waals surface area contributed by atoms with Gasteiger partial charge < -0.3 is 20.9 Å². The minimum absolute atomic E-state index is 0.0229. The third kappa shape index (κ3) is 4.26. The van der Waals surface area contributed by atoms with Crippen LogP contribution < -0.4 is 21.5 Å². The Kier molecular flexibility index (Phi) is 5.67. The van der Waals surface area contributed by atoms with E-state index in [9.17, 15) is 18.0 Å². The fourth-order valence-electron chi connectivity index (χ4n) is 2.76. The molecule has 2 aromatic heterocycles. The number of nitriles is 1. The maximum Gasteiger partial charge on any atom is 0.424 e. The normalized spacial score (nSPS) is 23.1. The largest absolute Gasteiger partial charge is 0.424 e. The molecule has 5 N–H and O–H groups in total. The molecule has 0 radical (unpaired) electrons. The van der Waals surface area contributed by atoms with E-state index in [-0.39, 0.29) is 28.6 Å². The average Bonchev–Trinajstić information content (AvgIpc) is 2.72. The fraction of sp³-hybridized carbons (Fsp3) is 0.316. The van der Waals surface area contributed by atoms with Gasteiger partial charge in [0.05, 0.1) is 23.6 Å². The van der Waals surface area contributed by atoms with Gasteiger partial charge in [0.15, 0.2) is 0 Å². The maximum absolute atomic E-state index is 13.3. The van der Waals surface area contributed by atoms with Gasteiger partial charge in [-0.05, 0) is 32.0 Å². The molecule has 10 nitrogen and oxygen atoms in total. The van der Waals surface area contributed by atoms with Crippen LogP contribution in [0, 0.1) is 11.3 Å². The van der Waals surface area contributed by atoms with Gasteiger partial charge in [0.25, 0.3) is 0 Å². The molecule has 32 heavy (non-hydrogen) atoms. The highest BCUT2D eigenvalue weighted by Gasteiger charge is 2.59. The third-order valence-electron chi connectivity index (χ3n) is 4.77. The van der Waals surface area contributed by atoms with Gasteiger partial charge in [0, 0.05) is 6.20 Å². The van der Waals surface area contributed by atoms with Gasteiger partial charge >= 0.3 is 12.3 Å². The topological polar surface area (TPSA) is 162 Å². The first-order valence-electron chi connectivity index (χ1n) is 9.06. The summed E-state index contributed by atoms with van der Waals surface area (Å²) in [6.45, 7) is 1.85. The van der Waals surface area contributed by atoms with Crippen molar-refractivity contribution in [3.8, 4) is 11.9 Å². The maximum atomic E-state index is 13.3. The zero-order chi connectivity index (χ0) is 23.7. The van der Waals surface area contributed by atoms with Crippen LogP contribution in [-0.4, -0.2) is 40.3 Å². The Labute approximate surface area is 180 Å². The number of hydrogen-bond donors (Lipinski definition) is 3. The number of alkyl halides is 3. The van der Waals surface area contributed by atoms with Crippen molar-refractivity contribution in [3.63, 3.8) is 0 Å². The second-order valence-electron chi connectivity index (χ2n) is 7.24. The molecule has 2 aromatic rings. The van der Waals surface area contributed by atoms with E-state index >= 15 is 0 Å². The summed E-state index contributed by atoms with van der Waals surface area (Å²) in [5.74, 6) is -0.923. The Bertz CT molecular complexity index is 1130. The van der Waals surface area contributed by atoms with Crippen molar-refractivity contribution in [2.45, 2.75) is 31.2 Å². The highest BCUT2D eigenvalue weighted by atomic mass is 19.4. The predicted molar refractivity (Wildman–Crippen MR) is 107 cm³/mol. The number of ether oxygens (including phenoxy) is 2. The highest BCUT2D eigenvalue weighted by molar-refractivity contribution is 5.90. The molecule has 0 aromatic carbocycles. The van der Waals surface area contributed by atoms with Crippen LogP contribution in [0.4, 0.5) is 29.5 Å². The standard InChI is InChI=1S/C19H18F3N7O3/c1-17(9-31-18(2,15(25)29-17)19(20,21)22)12-4-3-5-13(27-12)28-16(30)32-14-11(24)6-10(7-23)8-26-14/h3-6,8H,9,24H2,1-2H3,(H2,25,29)(H,27,28,30). The number of halogens is 3. The van der Waals surface area contributed by atoms with Crippen LogP contribution in [0.15, 0.2) is 35.5 Å². The van der Waals surface area contributed by atoms with Crippen molar-refractivity contribution < 1.29 is 27.4 Å². The molecule has 0 saturated heterocycles. The van der Waals surface area contributed by atoms with Gasteiger partial charge in [-0.3, -0.25) is 10.3 Å². The third-order valence-corrected chi connectivity index (χ3v) is 4.77. The lowest BCUT2D eigenvalue weighted by atomic mass is 9.93. The van der Waals surface area contributed by atoms with Gasteiger partial charge in [-0.25, -0.2) is 14.8 Å². The van der Waals surface area contributed by atoms with Crippen LogP contribution in [0.2, 0.25) is 0 Å². The average molecular weight is 449 g/mol. The molecule has 1 amide bonds. The summed E-state index contributed by atoms with van der Waals surface area (Å²) in [6.07, 6.45) is -4.54. The Morgan fingerprint density at radius 1 is 1.34 bits per heavy atom. The molecular formula is C19H18F3N7O3. The number of carbonyl (C=O) groups is 1. The van der Waals surface area contributed by atoms with Crippen LogP contribution in [0.3, 0.4) is 0 Å². The molecule has 3 heterocycles. The number of nitrogens with one attached hydrogen (secondary N) is 1. The van der Waals surface area contributed by atoms with E-state index in [0.29, 0.717) is 0 Å². The number of aliphatic imine (C=N–C) groups is 1. The highest BCUT2D eigenvalue weighted by Crippen LogP contribution is 2.40. The molecule has 0 bridgehead atoms. The number of nitrogens with two attached hydrogens (primary N) is 2. The zero-order valence-electron chi connectivity index (χ0n) is 16.9. The molecular weight excluding hydrogens is 431 g/mol. The summed E-state index contributed by atoms with van der Waals surface area (Å²) in [4.78, 5) is 24.2. The lowest BCUT2D eigenvalue weighted by Crippen LogP contribution is -2.60. The van der Waals surface area contributed by atoms with Crippen molar-refractivity contribution in [1.29, 1.82) is 5.26 Å². The van der Waals surface area contributed by atoms with E-state index in [2.05, 4.69) is 20.3 Å². The van der Waals surface area contributed by atoms with Gasteiger partial charge in [0.2, 0.25) is 11.5 Å². The Hall–Kier alpha value is -3.92. The molecule has 0 fully saturated rings. The fourth-order valence-corrected chi connectivity index (χ4v) is 2.76. The zero-order valence-corrected chi connectivity index (χ0v) is 16.9. The van der Waals surface area contributed by atoms with Crippen LogP contribution >= 0.6 is 0 Å².